The molecule has 0 unspecified atom stereocenters. The summed E-state index contributed by atoms with van der Waals surface area (Å²) in [5, 5.41) is 23.3. The average Bonchev–Trinajstić information content (AvgIpc) is 2.05. The smallest absolute Gasteiger partial charge is 0.246 e. The van der Waals surface area contributed by atoms with Crippen molar-refractivity contribution in [2.75, 3.05) is 55.9 Å². The molecule has 5 N–H and O–H groups in total. The van der Waals surface area contributed by atoms with Crippen molar-refractivity contribution in [3.63, 3.8) is 0 Å². The minimum absolute atomic E-state index is 0.0168. The SMILES string of the molecule is C/C=C/CC(C)(C)[C@@H](O)[C@H]1C(=O)N[C@@H](CC)C(=O)N(C)CC(=O)N(C)[C@@H](CC(C)C)C(=O)N[C@@H](C(C)C)C(=O)N(C)[C@@H](CC(C)C)C(=O)N[C@@H](C)C(=O)N[C@@H](C)C(=O)N(C)[C@@H](CC(C)C)C(=O)N(C)[C@@H](CC(C)C)C(=O)N(C)[C@@H](C(C)C)C(=O)N1C. The lowest BCUT2D eigenvalue weighted by Crippen LogP contribution is -2.64. The number of aliphatic hydroxyl groups excluding tert-OH is 1. The highest BCUT2D eigenvalue weighted by Gasteiger charge is 2.47. The summed E-state index contributed by atoms with van der Waals surface area (Å²) in [6.07, 6.45) is 2.95. The summed E-state index contributed by atoms with van der Waals surface area (Å²) in [6.45, 7) is 31.1. The van der Waals surface area contributed by atoms with Crippen LogP contribution < -0.4 is 21.3 Å². The number of nitrogens with one attached hydrogen (secondary N) is 4. The number of hydrogen-bond acceptors (Lipinski definition) is 12. The van der Waals surface area contributed by atoms with Gasteiger partial charge in [0.15, 0.2) is 0 Å². The lowest BCUT2D eigenvalue weighted by molar-refractivity contribution is -0.158. The highest BCUT2D eigenvalue weighted by Crippen LogP contribution is 2.32. The van der Waals surface area contributed by atoms with E-state index in [2.05, 4.69) is 21.3 Å². The van der Waals surface area contributed by atoms with E-state index in [0.717, 1.165) is 9.80 Å². The fourth-order valence-corrected chi connectivity index (χ4v) is 10.8. The molecule has 1 aliphatic heterocycles. The molecule has 1 aliphatic rings. The molecule has 1 saturated heterocycles. The fraction of sp³-hybridized carbons (Fsp3) is 0.794. The van der Waals surface area contributed by atoms with Gasteiger partial charge in [0, 0.05) is 49.3 Å². The highest BCUT2D eigenvalue weighted by atomic mass is 16.3. The van der Waals surface area contributed by atoms with E-state index in [1.54, 1.807) is 61.5 Å². The van der Waals surface area contributed by atoms with Gasteiger partial charge in [0.05, 0.1) is 12.6 Å². The molecule has 23 heteroatoms. The maximum Gasteiger partial charge on any atom is 0.246 e. The van der Waals surface area contributed by atoms with Crippen LogP contribution in [0.25, 0.3) is 0 Å². The van der Waals surface area contributed by atoms with Crippen LogP contribution in [-0.4, -0.2) is 227 Å². The predicted molar refractivity (Wildman–Crippen MR) is 333 cm³/mol. The van der Waals surface area contributed by atoms with E-state index in [-0.39, 0.29) is 62.2 Å². The Morgan fingerprint density at radius 2 is 0.884 bits per heavy atom. The molecule has 1 heterocycles. The third-order valence-electron chi connectivity index (χ3n) is 16.4. The van der Waals surface area contributed by atoms with Crippen molar-refractivity contribution in [3.8, 4) is 0 Å². The number of carbonyl (C=O) groups is 11. The molecule has 11 amide bonds. The Morgan fingerprint density at radius 1 is 0.477 bits per heavy atom. The van der Waals surface area contributed by atoms with Crippen LogP contribution in [0.15, 0.2) is 12.2 Å². The molecule has 0 aliphatic carbocycles. The van der Waals surface area contributed by atoms with Gasteiger partial charge in [-0.15, -0.1) is 0 Å². The van der Waals surface area contributed by atoms with E-state index < -0.39 is 155 Å². The van der Waals surface area contributed by atoms with Gasteiger partial charge in [0.25, 0.3) is 0 Å². The number of likely N-dealkylation sites (N-methyl/N-ethyl adjacent to an activating group) is 7. The van der Waals surface area contributed by atoms with Gasteiger partial charge < -0.3 is 60.7 Å². The highest BCUT2D eigenvalue weighted by molar-refractivity contribution is 5.99. The molecule has 0 aromatic heterocycles. The Hall–Kier alpha value is -6.13. The second kappa shape index (κ2) is 34.4. The van der Waals surface area contributed by atoms with Gasteiger partial charge >= 0.3 is 0 Å². The summed E-state index contributed by atoms with van der Waals surface area (Å²) in [5.74, 6) is -9.15. The molecule has 0 radical (unpaired) electrons. The quantitative estimate of drug-likeness (QED) is 0.147. The van der Waals surface area contributed by atoms with Crippen LogP contribution in [-0.2, 0) is 52.7 Å². The van der Waals surface area contributed by atoms with Crippen LogP contribution in [0.4, 0.5) is 0 Å². The van der Waals surface area contributed by atoms with Gasteiger partial charge in [-0.05, 0) is 100 Å². The van der Waals surface area contributed by atoms with Gasteiger partial charge in [0.1, 0.15) is 60.4 Å². The van der Waals surface area contributed by atoms with Crippen LogP contribution >= 0.6 is 0 Å². The lowest BCUT2D eigenvalue weighted by atomic mass is 9.78. The lowest BCUT2D eigenvalue weighted by Gasteiger charge is -2.43. The minimum atomic E-state index is -1.64. The summed E-state index contributed by atoms with van der Waals surface area (Å²) in [6, 6.07) is -12.4. The first-order chi connectivity index (χ1) is 39.5. The maximum absolute atomic E-state index is 15.2. The number of aliphatic hydroxyl groups is 1. The van der Waals surface area contributed by atoms with Gasteiger partial charge in [0.2, 0.25) is 65.0 Å². The average molecular weight is 1220 g/mol. The first-order valence-electron chi connectivity index (χ1n) is 30.9. The Bertz CT molecular complexity index is 2370. The molecule has 1 fully saturated rings. The number of allylic oxidation sites excluding steroid dienone is 2. The molecular formula is C63H113N11O12. The van der Waals surface area contributed by atoms with Crippen molar-refractivity contribution in [1.82, 2.24) is 55.6 Å². The molecule has 0 saturated carbocycles. The van der Waals surface area contributed by atoms with Crippen LogP contribution in [0.2, 0.25) is 0 Å². The molecule has 23 nitrogen and oxygen atoms in total. The van der Waals surface area contributed by atoms with E-state index >= 15 is 9.59 Å². The fourth-order valence-electron chi connectivity index (χ4n) is 10.8. The summed E-state index contributed by atoms with van der Waals surface area (Å²) in [5.41, 5.74) is -1.05. The second-order valence-electron chi connectivity index (χ2n) is 27.0. The molecule has 0 spiro atoms. The van der Waals surface area contributed by atoms with Crippen LogP contribution in [0.3, 0.4) is 0 Å². The van der Waals surface area contributed by atoms with Crippen molar-refractivity contribution in [2.24, 2.45) is 40.9 Å². The summed E-state index contributed by atoms with van der Waals surface area (Å²) in [4.78, 5) is 169. The van der Waals surface area contributed by atoms with Gasteiger partial charge in [-0.25, -0.2) is 0 Å². The Morgan fingerprint density at radius 3 is 1.33 bits per heavy atom. The van der Waals surface area contributed by atoms with Gasteiger partial charge in [-0.1, -0.05) is 116 Å². The number of rotatable bonds is 15. The molecule has 0 bridgehead atoms. The van der Waals surface area contributed by atoms with Crippen molar-refractivity contribution in [3.05, 3.63) is 12.2 Å². The van der Waals surface area contributed by atoms with E-state index in [9.17, 15) is 48.3 Å². The predicted octanol–water partition coefficient (Wildman–Crippen LogP) is 3.66. The van der Waals surface area contributed by atoms with Crippen molar-refractivity contribution < 1.29 is 57.8 Å². The largest absolute Gasteiger partial charge is 0.390 e. The number of amides is 11. The molecule has 11 atom stereocenters. The first-order valence-corrected chi connectivity index (χ1v) is 30.9. The topological polar surface area (TPSA) is 279 Å². The van der Waals surface area contributed by atoms with Crippen molar-refractivity contribution >= 4 is 65.0 Å². The van der Waals surface area contributed by atoms with E-state index in [1.165, 1.54) is 87.7 Å². The molecule has 0 aromatic rings. The number of carbonyl (C=O) groups excluding carboxylic acids is 11. The Balaban J connectivity index is 4.36. The molecule has 86 heavy (non-hydrogen) atoms. The summed E-state index contributed by atoms with van der Waals surface area (Å²) < 4.78 is 0. The zero-order chi connectivity index (χ0) is 66.9. The number of nitrogens with zero attached hydrogens (tertiary/aromatic N) is 7. The van der Waals surface area contributed by atoms with E-state index in [1.807, 2.05) is 61.5 Å². The Kier molecular flexibility index (Phi) is 31.2. The van der Waals surface area contributed by atoms with Crippen molar-refractivity contribution in [2.45, 2.75) is 230 Å². The normalized spacial score (nSPS) is 26.6. The first kappa shape index (κ1) is 77.9. The van der Waals surface area contributed by atoms with Crippen LogP contribution in [0, 0.1) is 40.9 Å². The van der Waals surface area contributed by atoms with Crippen LogP contribution in [0.5, 0.6) is 0 Å². The van der Waals surface area contributed by atoms with Crippen molar-refractivity contribution in [1.29, 1.82) is 0 Å². The third-order valence-corrected chi connectivity index (χ3v) is 16.4. The summed E-state index contributed by atoms with van der Waals surface area (Å²) in [7, 11) is 9.92. The molecular weight excluding hydrogens is 1100 g/mol. The van der Waals surface area contributed by atoms with Crippen LogP contribution in [0.1, 0.15) is 163 Å². The molecule has 0 aromatic carbocycles. The van der Waals surface area contributed by atoms with E-state index in [4.69, 9.17) is 0 Å². The minimum Gasteiger partial charge on any atom is -0.390 e. The number of hydrogen-bond donors (Lipinski definition) is 5. The second-order valence-corrected chi connectivity index (χ2v) is 27.0. The summed E-state index contributed by atoms with van der Waals surface area (Å²) >= 11 is 0. The zero-order valence-electron chi connectivity index (χ0n) is 57.0. The standard InChI is InChI=1S/C63H113N11O12/c1-26-28-29-63(17,18)52(76)51-56(80)66-43(27-2)58(82)68(19)34-48(75)69(20)44(30-35(3)4)55(79)67-49(39(11)12)61(85)70(21)45(31-36(5)6)54(78)64-41(15)53(77)65-42(16)57(81)71(22)46(32-37(7)8)59(83)72(23)47(33-38(9)10)60(84)73(24)50(40(13)14)62(86)74(51)25/h26,28,35-47,49-52,76H,27,29-34H2,1-25H3,(H,64,78)(H,65,77)(H,66,80)(H,67,79)/b28-26+/t41-,42-,43-,44-,45-,46-,47-,49-,50-,51-,52-/m0/s1. The Labute approximate surface area is 515 Å². The molecule has 492 valence electrons. The van der Waals surface area contributed by atoms with Gasteiger partial charge in [-0.3, -0.25) is 52.7 Å². The zero-order valence-corrected chi connectivity index (χ0v) is 57.0. The monoisotopic (exact) mass is 1220 g/mol. The van der Waals surface area contributed by atoms with E-state index in [0.29, 0.717) is 0 Å². The molecule has 1 rings (SSSR count). The maximum atomic E-state index is 15.2. The van der Waals surface area contributed by atoms with Gasteiger partial charge in [-0.2, -0.15) is 0 Å². The third kappa shape index (κ3) is 21.3.